The van der Waals surface area contributed by atoms with E-state index in [4.69, 9.17) is 11.6 Å². The number of carbonyl (C=O) groups excluding carboxylic acids is 2. The van der Waals surface area contributed by atoms with Crippen molar-refractivity contribution in [2.45, 2.75) is 46.0 Å². The molecular formula is C22H27ClN2O2. The van der Waals surface area contributed by atoms with E-state index in [-0.39, 0.29) is 11.8 Å². The number of aryl methyl sites for hydroxylation is 1. The molecule has 0 bridgehead atoms. The number of benzene rings is 2. The predicted molar refractivity (Wildman–Crippen MR) is 112 cm³/mol. The summed E-state index contributed by atoms with van der Waals surface area (Å²) in [6, 6.07) is 13.3. The molecule has 0 saturated heterocycles. The maximum absolute atomic E-state index is 12.2. The molecule has 2 N–H and O–H groups in total. The molecule has 0 radical (unpaired) electrons. The van der Waals surface area contributed by atoms with Gasteiger partial charge in [-0.25, -0.2) is 0 Å². The quantitative estimate of drug-likeness (QED) is 0.657. The van der Waals surface area contributed by atoms with Gasteiger partial charge in [-0.05, 0) is 48.1 Å². The molecular weight excluding hydrogens is 360 g/mol. The van der Waals surface area contributed by atoms with Crippen molar-refractivity contribution in [2.24, 2.45) is 0 Å². The lowest BCUT2D eigenvalue weighted by atomic mass is 10.0. The van der Waals surface area contributed by atoms with Gasteiger partial charge in [0.05, 0.1) is 10.6 Å². The minimum atomic E-state index is -0.204. The van der Waals surface area contributed by atoms with E-state index in [1.54, 1.807) is 18.2 Å². The Kier molecular flexibility index (Phi) is 7.86. The Hall–Kier alpha value is -2.33. The van der Waals surface area contributed by atoms with Crippen LogP contribution >= 0.6 is 11.6 Å². The molecule has 0 heterocycles. The van der Waals surface area contributed by atoms with Crippen molar-refractivity contribution in [1.82, 2.24) is 5.32 Å². The second-order valence-electron chi connectivity index (χ2n) is 6.89. The summed E-state index contributed by atoms with van der Waals surface area (Å²) in [4.78, 5) is 24.2. The Labute approximate surface area is 166 Å². The highest BCUT2D eigenvalue weighted by molar-refractivity contribution is 6.34. The molecule has 27 heavy (non-hydrogen) atoms. The van der Waals surface area contributed by atoms with E-state index in [1.165, 1.54) is 5.56 Å². The van der Waals surface area contributed by atoms with Crippen LogP contribution in [0.2, 0.25) is 5.02 Å². The normalized spacial score (nSPS) is 10.7. The van der Waals surface area contributed by atoms with Gasteiger partial charge in [0, 0.05) is 18.7 Å². The van der Waals surface area contributed by atoms with Crippen molar-refractivity contribution < 1.29 is 9.59 Å². The van der Waals surface area contributed by atoms with Crippen LogP contribution in [0.25, 0.3) is 0 Å². The number of carbonyl (C=O) groups is 2. The molecule has 2 aromatic carbocycles. The van der Waals surface area contributed by atoms with E-state index in [1.807, 2.05) is 6.92 Å². The van der Waals surface area contributed by atoms with Crippen LogP contribution in [0.1, 0.15) is 61.0 Å². The van der Waals surface area contributed by atoms with Crippen LogP contribution in [-0.2, 0) is 11.2 Å². The number of rotatable bonds is 8. The summed E-state index contributed by atoms with van der Waals surface area (Å²) >= 11 is 6.19. The van der Waals surface area contributed by atoms with E-state index in [0.29, 0.717) is 41.6 Å². The molecule has 2 rings (SSSR count). The Morgan fingerprint density at radius 1 is 1.07 bits per heavy atom. The zero-order valence-electron chi connectivity index (χ0n) is 16.1. The zero-order chi connectivity index (χ0) is 19.8. The highest BCUT2D eigenvalue weighted by Crippen LogP contribution is 2.21. The number of hydrogen-bond acceptors (Lipinski definition) is 2. The van der Waals surface area contributed by atoms with Crippen molar-refractivity contribution in [1.29, 1.82) is 0 Å². The fourth-order valence-electron chi connectivity index (χ4n) is 2.66. The average Bonchev–Trinajstić information content (AvgIpc) is 2.65. The molecule has 0 atom stereocenters. The van der Waals surface area contributed by atoms with Gasteiger partial charge < -0.3 is 10.6 Å². The first-order valence-corrected chi connectivity index (χ1v) is 9.75. The van der Waals surface area contributed by atoms with Gasteiger partial charge in [0.1, 0.15) is 0 Å². The van der Waals surface area contributed by atoms with Crippen molar-refractivity contribution in [3.05, 3.63) is 64.2 Å². The molecule has 0 spiro atoms. The summed E-state index contributed by atoms with van der Waals surface area (Å²) in [5.74, 6) is 0.214. The fraction of sp³-hybridized carbons (Fsp3) is 0.364. The standard InChI is InChI=1S/C22H27ClN2O2/c1-4-13-24-22(27)19-11-10-18(14-20(19)23)25-21(26)12-7-16-5-8-17(9-6-16)15(2)3/h5-6,8-11,14-15H,4,7,12-13H2,1-3H3,(H,24,27)(H,25,26). The lowest BCUT2D eigenvalue weighted by molar-refractivity contribution is -0.116. The highest BCUT2D eigenvalue weighted by atomic mass is 35.5. The number of nitrogens with one attached hydrogen (secondary N) is 2. The van der Waals surface area contributed by atoms with Gasteiger partial charge in [-0.2, -0.15) is 0 Å². The number of halogens is 1. The molecule has 0 fully saturated rings. The van der Waals surface area contributed by atoms with Gasteiger partial charge >= 0.3 is 0 Å². The third kappa shape index (κ3) is 6.40. The minimum Gasteiger partial charge on any atom is -0.352 e. The lowest BCUT2D eigenvalue weighted by Gasteiger charge is -2.10. The fourth-order valence-corrected chi connectivity index (χ4v) is 2.93. The molecule has 0 saturated carbocycles. The van der Waals surface area contributed by atoms with E-state index in [2.05, 4.69) is 48.7 Å². The monoisotopic (exact) mass is 386 g/mol. The Morgan fingerprint density at radius 3 is 2.37 bits per heavy atom. The van der Waals surface area contributed by atoms with Gasteiger partial charge in [0.15, 0.2) is 0 Å². The van der Waals surface area contributed by atoms with Crippen molar-refractivity contribution in [3.8, 4) is 0 Å². The summed E-state index contributed by atoms with van der Waals surface area (Å²) < 4.78 is 0. The second-order valence-corrected chi connectivity index (χ2v) is 7.30. The molecule has 144 valence electrons. The van der Waals surface area contributed by atoms with Crippen LogP contribution in [0.3, 0.4) is 0 Å². The largest absolute Gasteiger partial charge is 0.352 e. The smallest absolute Gasteiger partial charge is 0.252 e. The lowest BCUT2D eigenvalue weighted by Crippen LogP contribution is -2.24. The summed E-state index contributed by atoms with van der Waals surface area (Å²) in [6.45, 7) is 6.91. The van der Waals surface area contributed by atoms with Crippen LogP contribution < -0.4 is 10.6 Å². The zero-order valence-corrected chi connectivity index (χ0v) is 16.9. The van der Waals surface area contributed by atoms with E-state index in [9.17, 15) is 9.59 Å². The Bertz CT molecular complexity index is 785. The maximum atomic E-state index is 12.2. The summed E-state index contributed by atoms with van der Waals surface area (Å²) in [5.41, 5.74) is 3.43. The van der Waals surface area contributed by atoms with Crippen LogP contribution in [-0.4, -0.2) is 18.4 Å². The van der Waals surface area contributed by atoms with Crippen LogP contribution in [0.15, 0.2) is 42.5 Å². The second kappa shape index (κ2) is 10.1. The van der Waals surface area contributed by atoms with Crippen LogP contribution in [0.5, 0.6) is 0 Å². The maximum Gasteiger partial charge on any atom is 0.252 e. The molecule has 4 nitrogen and oxygen atoms in total. The van der Waals surface area contributed by atoms with Gasteiger partial charge in [-0.1, -0.05) is 56.6 Å². The van der Waals surface area contributed by atoms with Crippen LogP contribution in [0.4, 0.5) is 5.69 Å². The first kappa shape index (κ1) is 21.0. The molecule has 0 aliphatic rings. The third-order valence-electron chi connectivity index (χ3n) is 4.32. The van der Waals surface area contributed by atoms with Crippen molar-refractivity contribution in [3.63, 3.8) is 0 Å². The van der Waals surface area contributed by atoms with Crippen molar-refractivity contribution >= 4 is 29.1 Å². The highest BCUT2D eigenvalue weighted by Gasteiger charge is 2.11. The molecule has 2 amide bonds. The van der Waals surface area contributed by atoms with Gasteiger partial charge in [-0.15, -0.1) is 0 Å². The molecule has 0 aromatic heterocycles. The van der Waals surface area contributed by atoms with E-state index in [0.717, 1.165) is 12.0 Å². The number of anilines is 1. The van der Waals surface area contributed by atoms with E-state index < -0.39 is 0 Å². The first-order valence-electron chi connectivity index (χ1n) is 9.37. The topological polar surface area (TPSA) is 58.2 Å². The molecule has 2 aromatic rings. The molecule has 5 heteroatoms. The molecule has 0 unspecified atom stereocenters. The summed E-state index contributed by atoms with van der Waals surface area (Å²) in [6.07, 6.45) is 1.92. The summed E-state index contributed by atoms with van der Waals surface area (Å²) in [7, 11) is 0. The third-order valence-corrected chi connectivity index (χ3v) is 4.63. The van der Waals surface area contributed by atoms with Crippen molar-refractivity contribution in [2.75, 3.05) is 11.9 Å². The molecule has 0 aliphatic heterocycles. The Morgan fingerprint density at radius 2 is 1.78 bits per heavy atom. The first-order chi connectivity index (χ1) is 12.9. The van der Waals surface area contributed by atoms with Gasteiger partial charge in [-0.3, -0.25) is 9.59 Å². The van der Waals surface area contributed by atoms with Gasteiger partial charge in [0.25, 0.3) is 5.91 Å². The number of amides is 2. The minimum absolute atomic E-state index is 0.0813. The Balaban J connectivity index is 1.89. The summed E-state index contributed by atoms with van der Waals surface area (Å²) in [5, 5.41) is 5.95. The number of hydrogen-bond donors (Lipinski definition) is 2. The molecule has 0 aliphatic carbocycles. The van der Waals surface area contributed by atoms with E-state index >= 15 is 0 Å². The SMILES string of the molecule is CCCNC(=O)c1ccc(NC(=O)CCc2ccc(C(C)C)cc2)cc1Cl. The predicted octanol–water partition coefficient (Wildman–Crippen LogP) is 5.17. The van der Waals surface area contributed by atoms with Crippen LogP contribution in [0, 0.1) is 0 Å². The van der Waals surface area contributed by atoms with Gasteiger partial charge in [0.2, 0.25) is 5.91 Å². The average molecular weight is 387 g/mol.